The number of esters is 1. The summed E-state index contributed by atoms with van der Waals surface area (Å²) in [7, 11) is 1.35. The van der Waals surface area contributed by atoms with Crippen molar-refractivity contribution in [3.8, 4) is 11.8 Å². The summed E-state index contributed by atoms with van der Waals surface area (Å²) in [5.74, 6) is 0.294. The smallest absolute Gasteiger partial charge is 0.314 e. The first kappa shape index (κ1) is 14.0. The molecule has 0 N–H and O–H groups in total. The van der Waals surface area contributed by atoms with Crippen LogP contribution in [0.15, 0.2) is 18.2 Å². The van der Waals surface area contributed by atoms with Crippen LogP contribution in [0.1, 0.15) is 25.0 Å². The van der Waals surface area contributed by atoms with Gasteiger partial charge in [-0.15, -0.1) is 0 Å². The summed E-state index contributed by atoms with van der Waals surface area (Å²) in [6.07, 6.45) is 0. The van der Waals surface area contributed by atoms with Crippen LogP contribution in [-0.2, 0) is 9.53 Å². The van der Waals surface area contributed by atoms with Crippen molar-refractivity contribution >= 4 is 5.97 Å². The lowest BCUT2D eigenvalue weighted by Gasteiger charge is -2.22. The standard InChI is InChI=1S/C14H17NO3/c1-10-11(8-15)6-5-7-12(10)18-9-14(2,3)13(16)17-4/h5-7H,9H2,1-4H3. The first-order valence-corrected chi connectivity index (χ1v) is 5.63. The number of carbonyl (C=O) groups is 1. The molecule has 0 aliphatic rings. The van der Waals surface area contributed by atoms with Gasteiger partial charge in [0.15, 0.2) is 0 Å². The molecule has 18 heavy (non-hydrogen) atoms. The van der Waals surface area contributed by atoms with E-state index in [1.165, 1.54) is 7.11 Å². The van der Waals surface area contributed by atoms with E-state index in [0.29, 0.717) is 11.3 Å². The van der Waals surface area contributed by atoms with Gasteiger partial charge in [0.2, 0.25) is 0 Å². The SMILES string of the molecule is COC(=O)C(C)(C)COc1cccc(C#N)c1C. The van der Waals surface area contributed by atoms with Crippen molar-refractivity contribution in [3.05, 3.63) is 29.3 Å². The molecule has 0 aliphatic heterocycles. The molecular weight excluding hydrogens is 230 g/mol. The van der Waals surface area contributed by atoms with E-state index < -0.39 is 5.41 Å². The van der Waals surface area contributed by atoms with Gasteiger partial charge in [0.05, 0.1) is 24.2 Å². The molecular formula is C14H17NO3. The molecule has 1 aromatic carbocycles. The molecule has 0 atom stereocenters. The van der Waals surface area contributed by atoms with Gasteiger partial charge in [0, 0.05) is 5.56 Å². The molecule has 1 aromatic rings. The van der Waals surface area contributed by atoms with Crippen LogP contribution >= 0.6 is 0 Å². The molecule has 0 bridgehead atoms. The minimum atomic E-state index is -0.718. The fourth-order valence-corrected chi connectivity index (χ4v) is 1.49. The lowest BCUT2D eigenvalue weighted by Crippen LogP contribution is -2.32. The van der Waals surface area contributed by atoms with Crippen molar-refractivity contribution < 1.29 is 14.3 Å². The van der Waals surface area contributed by atoms with E-state index in [0.717, 1.165) is 5.56 Å². The van der Waals surface area contributed by atoms with Gasteiger partial charge in [-0.25, -0.2) is 0 Å². The fourth-order valence-electron chi connectivity index (χ4n) is 1.49. The van der Waals surface area contributed by atoms with Gasteiger partial charge in [-0.2, -0.15) is 5.26 Å². The van der Waals surface area contributed by atoms with Crippen molar-refractivity contribution in [1.82, 2.24) is 0 Å². The van der Waals surface area contributed by atoms with Crippen LogP contribution in [0, 0.1) is 23.7 Å². The zero-order valence-electron chi connectivity index (χ0n) is 11.1. The summed E-state index contributed by atoms with van der Waals surface area (Å²) in [5, 5.41) is 8.92. The quantitative estimate of drug-likeness (QED) is 0.767. The molecule has 0 spiro atoms. The van der Waals surface area contributed by atoms with Crippen LogP contribution in [0.2, 0.25) is 0 Å². The van der Waals surface area contributed by atoms with Crippen molar-refractivity contribution in [2.75, 3.05) is 13.7 Å². The first-order chi connectivity index (χ1) is 8.42. The summed E-state index contributed by atoms with van der Waals surface area (Å²) in [5.41, 5.74) is 0.633. The molecule has 0 unspecified atom stereocenters. The van der Waals surface area contributed by atoms with Crippen LogP contribution in [-0.4, -0.2) is 19.7 Å². The zero-order valence-corrected chi connectivity index (χ0v) is 11.1. The second kappa shape index (κ2) is 5.54. The lowest BCUT2D eigenvalue weighted by atomic mass is 9.95. The molecule has 4 heteroatoms. The maximum absolute atomic E-state index is 11.5. The minimum Gasteiger partial charge on any atom is -0.492 e. The predicted molar refractivity (Wildman–Crippen MR) is 67.2 cm³/mol. The van der Waals surface area contributed by atoms with Gasteiger partial charge >= 0.3 is 5.97 Å². The van der Waals surface area contributed by atoms with Gasteiger partial charge < -0.3 is 9.47 Å². The Kier molecular flexibility index (Phi) is 4.33. The maximum Gasteiger partial charge on any atom is 0.314 e. The Hall–Kier alpha value is -2.02. The molecule has 1 rings (SSSR count). The summed E-state index contributed by atoms with van der Waals surface area (Å²) in [6, 6.07) is 7.36. The highest BCUT2D eigenvalue weighted by atomic mass is 16.5. The van der Waals surface area contributed by atoms with Crippen molar-refractivity contribution in [3.63, 3.8) is 0 Å². The average molecular weight is 247 g/mol. The zero-order chi connectivity index (χ0) is 13.8. The van der Waals surface area contributed by atoms with Crippen LogP contribution < -0.4 is 4.74 Å². The Morgan fingerprint density at radius 1 is 1.44 bits per heavy atom. The molecule has 0 aliphatic carbocycles. The molecule has 0 amide bonds. The van der Waals surface area contributed by atoms with Crippen LogP contribution in [0.4, 0.5) is 0 Å². The van der Waals surface area contributed by atoms with Gasteiger partial charge in [0.1, 0.15) is 12.4 Å². The predicted octanol–water partition coefficient (Wildman–Crippen LogP) is 2.44. The van der Waals surface area contributed by atoms with Crippen molar-refractivity contribution in [2.45, 2.75) is 20.8 Å². The number of ether oxygens (including phenoxy) is 2. The number of benzene rings is 1. The Bertz CT molecular complexity index is 486. The van der Waals surface area contributed by atoms with Crippen LogP contribution in [0.3, 0.4) is 0 Å². The molecule has 0 aromatic heterocycles. The number of hydrogen-bond donors (Lipinski definition) is 0. The third-order valence-electron chi connectivity index (χ3n) is 2.73. The highest BCUT2D eigenvalue weighted by Gasteiger charge is 2.29. The molecule has 0 heterocycles. The van der Waals surface area contributed by atoms with Gasteiger partial charge in [-0.3, -0.25) is 4.79 Å². The number of methoxy groups -OCH3 is 1. The summed E-state index contributed by atoms with van der Waals surface area (Å²) in [6.45, 7) is 5.53. The van der Waals surface area contributed by atoms with Gasteiger partial charge in [-0.1, -0.05) is 6.07 Å². The third-order valence-corrected chi connectivity index (χ3v) is 2.73. The molecule has 0 radical (unpaired) electrons. The van der Waals surface area contributed by atoms with Crippen molar-refractivity contribution in [2.24, 2.45) is 5.41 Å². The van der Waals surface area contributed by atoms with Crippen LogP contribution in [0.5, 0.6) is 5.75 Å². The normalized spacial score (nSPS) is 10.6. The fraction of sp³-hybridized carbons (Fsp3) is 0.429. The van der Waals surface area contributed by atoms with E-state index in [1.807, 2.05) is 6.92 Å². The molecule has 0 fully saturated rings. The minimum absolute atomic E-state index is 0.204. The molecule has 96 valence electrons. The van der Waals surface area contributed by atoms with E-state index >= 15 is 0 Å². The Morgan fingerprint density at radius 2 is 2.11 bits per heavy atom. The summed E-state index contributed by atoms with van der Waals surface area (Å²) < 4.78 is 10.3. The molecule has 0 saturated carbocycles. The number of hydrogen-bond acceptors (Lipinski definition) is 4. The van der Waals surface area contributed by atoms with Crippen LogP contribution in [0.25, 0.3) is 0 Å². The number of rotatable bonds is 4. The largest absolute Gasteiger partial charge is 0.492 e. The Balaban J connectivity index is 2.82. The van der Waals surface area contributed by atoms with E-state index in [1.54, 1.807) is 32.0 Å². The van der Waals surface area contributed by atoms with Gasteiger partial charge in [-0.05, 0) is 32.9 Å². The topological polar surface area (TPSA) is 59.3 Å². The lowest BCUT2D eigenvalue weighted by molar-refractivity contribution is -0.152. The van der Waals surface area contributed by atoms with Gasteiger partial charge in [0.25, 0.3) is 0 Å². The summed E-state index contributed by atoms with van der Waals surface area (Å²) >= 11 is 0. The van der Waals surface area contributed by atoms with E-state index in [-0.39, 0.29) is 12.6 Å². The Morgan fingerprint density at radius 3 is 2.67 bits per heavy atom. The third kappa shape index (κ3) is 3.01. The maximum atomic E-state index is 11.5. The van der Waals surface area contributed by atoms with E-state index in [9.17, 15) is 4.79 Å². The number of nitriles is 1. The monoisotopic (exact) mass is 247 g/mol. The second-order valence-electron chi connectivity index (χ2n) is 4.70. The Labute approximate surface area is 107 Å². The highest BCUT2D eigenvalue weighted by Crippen LogP contribution is 2.24. The van der Waals surface area contributed by atoms with E-state index in [4.69, 9.17) is 14.7 Å². The number of nitrogens with zero attached hydrogens (tertiary/aromatic N) is 1. The molecule has 4 nitrogen and oxygen atoms in total. The van der Waals surface area contributed by atoms with E-state index in [2.05, 4.69) is 6.07 Å². The number of carbonyl (C=O) groups excluding carboxylic acids is 1. The summed E-state index contributed by atoms with van der Waals surface area (Å²) in [4.78, 5) is 11.5. The van der Waals surface area contributed by atoms with Crippen molar-refractivity contribution in [1.29, 1.82) is 5.26 Å². The molecule has 0 saturated heterocycles. The first-order valence-electron chi connectivity index (χ1n) is 5.63. The second-order valence-corrected chi connectivity index (χ2v) is 4.70. The average Bonchev–Trinajstić information content (AvgIpc) is 2.36. The highest BCUT2D eigenvalue weighted by molar-refractivity contribution is 5.75.